The van der Waals surface area contributed by atoms with E-state index in [9.17, 15) is 14.4 Å². The first-order valence-electron chi connectivity index (χ1n) is 6.45. The van der Waals surface area contributed by atoms with E-state index in [1.165, 1.54) is 0 Å². The zero-order valence-electron chi connectivity index (χ0n) is 12.5. The maximum absolute atomic E-state index is 11.7. The van der Waals surface area contributed by atoms with E-state index < -0.39 is 24.0 Å². The Morgan fingerprint density at radius 2 is 1.70 bits per heavy atom. The number of ether oxygens (including phenoxy) is 1. The molecule has 0 aliphatic heterocycles. The molecule has 7 heteroatoms. The Bertz CT molecular complexity index is 360. The maximum Gasteiger partial charge on any atom is 0.520 e. The molecule has 0 saturated carbocycles. The second-order valence-corrected chi connectivity index (χ2v) is 6.12. The molecule has 0 aliphatic carbocycles. The lowest BCUT2D eigenvalue weighted by molar-refractivity contribution is -0.873. The van der Waals surface area contributed by atoms with Crippen molar-refractivity contribution in [1.29, 1.82) is 0 Å². The zero-order valence-corrected chi connectivity index (χ0v) is 12.5. The first-order chi connectivity index (χ1) is 8.99. The first kappa shape index (κ1) is 18.4. The molecule has 0 aromatic carbocycles. The van der Waals surface area contributed by atoms with Crippen molar-refractivity contribution in [3.05, 3.63) is 0 Å². The molecule has 20 heavy (non-hydrogen) atoms. The fourth-order valence-electron chi connectivity index (χ4n) is 1.85. The smallest absolute Gasteiger partial charge is 0.520 e. The van der Waals surface area contributed by atoms with Crippen LogP contribution in [-0.4, -0.2) is 66.4 Å². The molecule has 0 fully saturated rings. The number of carboxylic acids is 1. The number of hydrogen-bond donors (Lipinski definition) is 1. The van der Waals surface area contributed by atoms with Gasteiger partial charge >= 0.3 is 17.9 Å². The lowest BCUT2D eigenvalue weighted by Crippen LogP contribution is -2.43. The van der Waals surface area contributed by atoms with E-state index in [-0.39, 0.29) is 25.2 Å². The molecule has 3 N–H and O–H groups in total. The fourth-order valence-corrected chi connectivity index (χ4v) is 1.85. The van der Waals surface area contributed by atoms with Gasteiger partial charge in [-0.3, -0.25) is 9.59 Å². The van der Waals surface area contributed by atoms with Crippen LogP contribution in [0.1, 0.15) is 26.2 Å². The van der Waals surface area contributed by atoms with Crippen molar-refractivity contribution in [2.24, 2.45) is 5.92 Å². The Kier molecular flexibility index (Phi) is 7.20. The number of rotatable bonds is 9. The number of aliphatic carboxylic acids is 1. The van der Waals surface area contributed by atoms with E-state index in [1.807, 2.05) is 21.1 Å². The summed E-state index contributed by atoms with van der Waals surface area (Å²) in [6.45, 7) is 2.07. The molecule has 0 bridgehead atoms. The molecule has 0 aromatic rings. The van der Waals surface area contributed by atoms with Crippen molar-refractivity contribution in [2.75, 3.05) is 27.7 Å². The molecule has 0 amide bonds. The maximum atomic E-state index is 11.7. The Labute approximate surface area is 118 Å². The molecule has 0 rings (SSSR count). The molecular formula is C13H25NO6+2. The molecular weight excluding hydrogens is 266 g/mol. The van der Waals surface area contributed by atoms with Gasteiger partial charge in [-0.25, -0.2) is 0 Å². The summed E-state index contributed by atoms with van der Waals surface area (Å²) in [6, 6.07) is 0. The molecule has 116 valence electrons. The van der Waals surface area contributed by atoms with Crippen molar-refractivity contribution in [3.63, 3.8) is 0 Å². The quantitative estimate of drug-likeness (QED) is 0.358. The van der Waals surface area contributed by atoms with Gasteiger partial charge < -0.3 is 19.4 Å². The predicted octanol–water partition coefficient (Wildman–Crippen LogP) is -0.253. The van der Waals surface area contributed by atoms with Crippen LogP contribution in [0.25, 0.3) is 0 Å². The van der Waals surface area contributed by atoms with Gasteiger partial charge in [0.1, 0.15) is 13.0 Å². The second-order valence-electron chi connectivity index (χ2n) is 6.12. The van der Waals surface area contributed by atoms with E-state index in [0.717, 1.165) is 0 Å². The fraction of sp³-hybridized carbons (Fsp3) is 0.769. The normalized spacial score (nSPS) is 14.4. The molecule has 0 saturated heterocycles. The van der Waals surface area contributed by atoms with Crippen molar-refractivity contribution >= 4 is 17.9 Å². The van der Waals surface area contributed by atoms with Crippen molar-refractivity contribution < 1.29 is 33.8 Å². The minimum atomic E-state index is -0.963. The summed E-state index contributed by atoms with van der Waals surface area (Å²) in [6.07, 6.45) is -0.905. The number of hydrogen-bond acceptors (Lipinski definition) is 4. The number of quaternary nitrogens is 1. The first-order valence-corrected chi connectivity index (χ1v) is 6.45. The van der Waals surface area contributed by atoms with Gasteiger partial charge in [0.05, 0.1) is 21.1 Å². The molecule has 2 atom stereocenters. The van der Waals surface area contributed by atoms with Gasteiger partial charge in [-0.05, 0) is 5.92 Å². The summed E-state index contributed by atoms with van der Waals surface area (Å²) < 4.78 is 5.70. The van der Waals surface area contributed by atoms with Gasteiger partial charge in [0.2, 0.25) is 0 Å². The molecule has 0 aromatic heterocycles. The van der Waals surface area contributed by atoms with Crippen LogP contribution >= 0.6 is 0 Å². The Balaban J connectivity index is 4.45. The van der Waals surface area contributed by atoms with Crippen molar-refractivity contribution in [3.8, 4) is 0 Å². The van der Waals surface area contributed by atoms with Crippen molar-refractivity contribution in [1.82, 2.24) is 0 Å². The highest BCUT2D eigenvalue weighted by Crippen LogP contribution is 2.12. The molecule has 0 radical (unpaired) electrons. The SMILES string of the molecule is CC(CC(=O)O)CC(=O)O[C@H](CC(=O)[OH2+])C[N+](C)(C)C. The third-order valence-corrected chi connectivity index (χ3v) is 2.50. The third-order valence-electron chi connectivity index (χ3n) is 2.50. The molecule has 0 spiro atoms. The van der Waals surface area contributed by atoms with Gasteiger partial charge in [-0.2, -0.15) is 0 Å². The van der Waals surface area contributed by atoms with Gasteiger partial charge in [0.25, 0.3) is 0 Å². The lowest BCUT2D eigenvalue weighted by atomic mass is 10.0. The van der Waals surface area contributed by atoms with Crippen LogP contribution in [-0.2, 0) is 19.1 Å². The van der Waals surface area contributed by atoms with Crippen LogP contribution in [0.4, 0.5) is 0 Å². The number of carbonyl (C=O) groups is 3. The van der Waals surface area contributed by atoms with Crippen LogP contribution in [0.3, 0.4) is 0 Å². The largest absolute Gasteiger partial charge is 0.565 e. The van der Waals surface area contributed by atoms with Crippen molar-refractivity contribution in [2.45, 2.75) is 32.3 Å². The minimum absolute atomic E-state index is 0.00780. The average molecular weight is 291 g/mol. The highest BCUT2D eigenvalue weighted by molar-refractivity contribution is 5.73. The number of esters is 1. The summed E-state index contributed by atoms with van der Waals surface area (Å²) in [7, 11) is 5.67. The Hall–Kier alpha value is -1.63. The van der Waals surface area contributed by atoms with Crippen LogP contribution in [0.5, 0.6) is 0 Å². The van der Waals surface area contributed by atoms with E-state index in [2.05, 4.69) is 0 Å². The lowest BCUT2D eigenvalue weighted by Gasteiger charge is -2.28. The summed E-state index contributed by atoms with van der Waals surface area (Å²) in [5, 5.41) is 15.6. The van der Waals surface area contributed by atoms with Gasteiger partial charge in [0.15, 0.2) is 6.10 Å². The van der Waals surface area contributed by atoms with Gasteiger partial charge in [0, 0.05) is 17.6 Å². The van der Waals surface area contributed by atoms with Crippen LogP contribution < -0.4 is 0 Å². The Morgan fingerprint density at radius 1 is 1.15 bits per heavy atom. The second kappa shape index (κ2) is 7.84. The van der Waals surface area contributed by atoms with Crippen LogP contribution in [0.2, 0.25) is 0 Å². The van der Waals surface area contributed by atoms with E-state index >= 15 is 0 Å². The molecule has 1 unspecified atom stereocenters. The van der Waals surface area contributed by atoms with Crippen LogP contribution in [0, 0.1) is 5.92 Å². The van der Waals surface area contributed by atoms with Gasteiger partial charge in [-0.15, -0.1) is 0 Å². The predicted molar refractivity (Wildman–Crippen MR) is 72.1 cm³/mol. The summed E-state index contributed by atoms with van der Waals surface area (Å²) in [5.41, 5.74) is 0. The number of carboxylic acid groups (broad SMARTS) is 1. The monoisotopic (exact) mass is 291 g/mol. The minimum Gasteiger partial charge on any atom is -0.565 e. The average Bonchev–Trinajstić information content (AvgIpc) is 2.09. The molecule has 0 aliphatic rings. The highest BCUT2D eigenvalue weighted by atomic mass is 16.5. The van der Waals surface area contributed by atoms with E-state index in [0.29, 0.717) is 11.0 Å². The highest BCUT2D eigenvalue weighted by Gasteiger charge is 2.28. The number of nitrogens with zero attached hydrogens (tertiary/aromatic N) is 1. The molecule has 0 heterocycles. The summed E-state index contributed by atoms with van der Waals surface area (Å²) >= 11 is 0. The summed E-state index contributed by atoms with van der Waals surface area (Å²) in [5.74, 6) is -2.60. The topological polar surface area (TPSA) is 104 Å². The van der Waals surface area contributed by atoms with E-state index in [4.69, 9.17) is 14.9 Å². The number of carbonyl (C=O) groups excluding carboxylic acids is 2. The Morgan fingerprint density at radius 3 is 2.10 bits per heavy atom. The van der Waals surface area contributed by atoms with E-state index in [1.54, 1.807) is 6.92 Å². The third kappa shape index (κ3) is 10.3. The van der Waals surface area contributed by atoms with Gasteiger partial charge in [-0.1, -0.05) is 6.92 Å². The standard InChI is InChI=1S/C13H23NO6/c1-9(5-11(15)16)6-13(19)20-10(7-12(17)18)8-14(2,3)4/h9-10H,5-8H2,1-4H3,(H-,15,16,17,18)/p+2/t9?,10-/m1/s1. The zero-order chi connectivity index (χ0) is 15.9. The van der Waals surface area contributed by atoms with Crippen LogP contribution in [0.15, 0.2) is 0 Å². The molecule has 7 nitrogen and oxygen atoms in total. The number of likely N-dealkylation sites (N-methyl/N-ethyl adjacent to an activating group) is 1. The summed E-state index contributed by atoms with van der Waals surface area (Å²) in [4.78, 5) is 33.1.